The van der Waals surface area contributed by atoms with Crippen LogP contribution >= 0.6 is 0 Å². The largest absolute Gasteiger partial charge is 0.487 e. The van der Waals surface area contributed by atoms with Crippen molar-refractivity contribution in [3.8, 4) is 22.9 Å². The second-order valence-corrected chi connectivity index (χ2v) is 5.87. The third-order valence-electron chi connectivity index (χ3n) is 3.73. The first-order chi connectivity index (χ1) is 9.59. The van der Waals surface area contributed by atoms with E-state index in [9.17, 15) is 5.26 Å². The highest BCUT2D eigenvalue weighted by Gasteiger charge is 2.33. The van der Waals surface area contributed by atoms with E-state index in [1.54, 1.807) is 0 Å². The summed E-state index contributed by atoms with van der Waals surface area (Å²) in [5, 5.41) is 9.43. The molecule has 0 radical (unpaired) electrons. The highest BCUT2D eigenvalue weighted by molar-refractivity contribution is 5.66. The molecule has 1 atom stereocenters. The van der Waals surface area contributed by atoms with E-state index in [4.69, 9.17) is 4.74 Å². The van der Waals surface area contributed by atoms with Crippen molar-refractivity contribution in [1.82, 2.24) is 0 Å². The van der Waals surface area contributed by atoms with Gasteiger partial charge in [0.15, 0.2) is 0 Å². The summed E-state index contributed by atoms with van der Waals surface area (Å²) in [6.45, 7) is 4.07. The van der Waals surface area contributed by atoms with E-state index in [1.807, 2.05) is 38.1 Å². The molecule has 0 bridgehead atoms. The Morgan fingerprint density at radius 2 is 1.85 bits per heavy atom. The van der Waals surface area contributed by atoms with Crippen molar-refractivity contribution in [3.05, 3.63) is 54.1 Å². The van der Waals surface area contributed by atoms with E-state index in [0.29, 0.717) is 0 Å². The van der Waals surface area contributed by atoms with E-state index in [2.05, 4.69) is 30.3 Å². The monoisotopic (exact) mass is 263 g/mol. The van der Waals surface area contributed by atoms with Gasteiger partial charge in [-0.15, -0.1) is 0 Å². The maximum Gasteiger partial charge on any atom is 0.124 e. The lowest BCUT2D eigenvalue weighted by Gasteiger charge is -2.35. The average Bonchev–Trinajstić information content (AvgIpc) is 2.46. The number of nitriles is 1. The molecule has 2 heteroatoms. The Hall–Kier alpha value is -2.27. The van der Waals surface area contributed by atoms with Crippen LogP contribution in [-0.4, -0.2) is 5.60 Å². The molecule has 0 saturated heterocycles. The predicted molar refractivity (Wildman–Crippen MR) is 79.6 cm³/mol. The molecule has 1 aliphatic rings. The van der Waals surface area contributed by atoms with Gasteiger partial charge in [-0.05, 0) is 37.1 Å². The van der Waals surface area contributed by atoms with Crippen LogP contribution in [0.5, 0.6) is 5.75 Å². The molecule has 0 aliphatic carbocycles. The Morgan fingerprint density at radius 3 is 2.55 bits per heavy atom. The fourth-order valence-corrected chi connectivity index (χ4v) is 2.78. The number of fused-ring (bicyclic) bond motifs is 1. The number of hydrogen-bond acceptors (Lipinski definition) is 2. The van der Waals surface area contributed by atoms with Gasteiger partial charge in [0.1, 0.15) is 11.4 Å². The van der Waals surface area contributed by atoms with Gasteiger partial charge in [-0.2, -0.15) is 5.26 Å². The molecule has 0 aromatic heterocycles. The highest BCUT2D eigenvalue weighted by Crippen LogP contribution is 2.42. The zero-order valence-electron chi connectivity index (χ0n) is 11.8. The summed E-state index contributed by atoms with van der Waals surface area (Å²) in [5.74, 6) is 0.741. The van der Waals surface area contributed by atoms with Gasteiger partial charge in [-0.1, -0.05) is 36.4 Å². The van der Waals surface area contributed by atoms with Crippen LogP contribution in [0.25, 0.3) is 11.1 Å². The molecule has 0 amide bonds. The van der Waals surface area contributed by atoms with Gasteiger partial charge in [-0.25, -0.2) is 0 Å². The summed E-state index contributed by atoms with van der Waals surface area (Å²) >= 11 is 0. The molecule has 1 heterocycles. The van der Waals surface area contributed by atoms with Crippen LogP contribution in [0.3, 0.4) is 0 Å². The Morgan fingerprint density at radius 1 is 1.10 bits per heavy atom. The zero-order chi connectivity index (χ0) is 14.2. The lowest BCUT2D eigenvalue weighted by Crippen LogP contribution is -2.34. The number of rotatable bonds is 1. The van der Waals surface area contributed by atoms with E-state index >= 15 is 0 Å². The van der Waals surface area contributed by atoms with Crippen molar-refractivity contribution in [3.63, 3.8) is 0 Å². The van der Waals surface area contributed by atoms with Crippen LogP contribution in [0.1, 0.15) is 31.7 Å². The van der Waals surface area contributed by atoms with Crippen molar-refractivity contribution >= 4 is 0 Å². The molecule has 1 aliphatic heterocycles. The molecule has 3 rings (SSSR count). The Bertz CT molecular complexity index is 668. The van der Waals surface area contributed by atoms with Gasteiger partial charge in [0.2, 0.25) is 0 Å². The minimum atomic E-state index is -0.276. The van der Waals surface area contributed by atoms with Crippen molar-refractivity contribution in [2.45, 2.75) is 31.8 Å². The average molecular weight is 263 g/mol. The van der Waals surface area contributed by atoms with E-state index in [1.165, 1.54) is 0 Å². The summed E-state index contributed by atoms with van der Waals surface area (Å²) in [6, 6.07) is 18.8. The topological polar surface area (TPSA) is 33.0 Å². The van der Waals surface area contributed by atoms with Crippen molar-refractivity contribution in [1.29, 1.82) is 5.26 Å². The van der Waals surface area contributed by atoms with Gasteiger partial charge < -0.3 is 4.74 Å². The quantitative estimate of drug-likeness (QED) is 0.757. The molecule has 0 fully saturated rings. The first kappa shape index (κ1) is 12.7. The number of benzene rings is 2. The van der Waals surface area contributed by atoms with Crippen molar-refractivity contribution in [2.75, 3.05) is 0 Å². The molecule has 0 N–H and O–H groups in total. The lowest BCUT2D eigenvalue weighted by molar-refractivity contribution is 0.0794. The number of ether oxygens (including phenoxy) is 1. The van der Waals surface area contributed by atoms with Gasteiger partial charge in [0, 0.05) is 12.0 Å². The second-order valence-electron chi connectivity index (χ2n) is 5.87. The van der Waals surface area contributed by atoms with E-state index in [0.717, 1.165) is 28.9 Å². The zero-order valence-corrected chi connectivity index (χ0v) is 11.8. The molecular formula is C18H17NO. The molecule has 2 aromatic carbocycles. The van der Waals surface area contributed by atoms with E-state index in [-0.39, 0.29) is 11.5 Å². The van der Waals surface area contributed by atoms with Gasteiger partial charge in [-0.3, -0.25) is 0 Å². The minimum absolute atomic E-state index is 0.0996. The van der Waals surface area contributed by atoms with Crippen LogP contribution in [-0.2, 0) is 0 Å². The minimum Gasteiger partial charge on any atom is -0.487 e. The van der Waals surface area contributed by atoms with Crippen LogP contribution in [0, 0.1) is 11.3 Å². The molecule has 2 aromatic rings. The molecule has 1 unspecified atom stereocenters. The summed E-state index contributed by atoms with van der Waals surface area (Å²) in [7, 11) is 0. The van der Waals surface area contributed by atoms with Crippen LogP contribution in [0.4, 0.5) is 0 Å². The third-order valence-corrected chi connectivity index (χ3v) is 3.73. The lowest BCUT2D eigenvalue weighted by atomic mass is 9.84. The molecule has 0 spiro atoms. The summed E-state index contributed by atoms with van der Waals surface area (Å²) < 4.78 is 5.99. The van der Waals surface area contributed by atoms with Crippen molar-refractivity contribution in [2.24, 2.45) is 0 Å². The maximum absolute atomic E-state index is 9.43. The van der Waals surface area contributed by atoms with Crippen LogP contribution < -0.4 is 4.74 Å². The molecular weight excluding hydrogens is 246 g/mol. The first-order valence-electron chi connectivity index (χ1n) is 6.87. The number of hydrogen-bond donors (Lipinski definition) is 0. The van der Waals surface area contributed by atoms with E-state index < -0.39 is 0 Å². The highest BCUT2D eigenvalue weighted by atomic mass is 16.5. The fraction of sp³-hybridized carbons (Fsp3) is 0.278. The van der Waals surface area contributed by atoms with Crippen LogP contribution in [0.2, 0.25) is 0 Å². The van der Waals surface area contributed by atoms with Gasteiger partial charge in [0.05, 0.1) is 12.0 Å². The Kier molecular flexibility index (Phi) is 2.99. The molecule has 20 heavy (non-hydrogen) atoms. The van der Waals surface area contributed by atoms with Crippen molar-refractivity contribution < 1.29 is 4.74 Å². The Balaban J connectivity index is 2.07. The van der Waals surface area contributed by atoms with Gasteiger partial charge >= 0.3 is 0 Å². The third kappa shape index (κ3) is 2.28. The summed E-state index contributed by atoms with van der Waals surface area (Å²) in [5.41, 5.74) is 3.03. The van der Waals surface area contributed by atoms with Gasteiger partial charge in [0.25, 0.3) is 0 Å². The molecule has 100 valence electrons. The predicted octanol–water partition coefficient (Wildman–Crippen LogP) is 4.52. The Labute approximate surface area is 119 Å². The second kappa shape index (κ2) is 4.68. The molecule has 2 nitrogen and oxygen atoms in total. The fourth-order valence-electron chi connectivity index (χ4n) is 2.78. The maximum atomic E-state index is 9.43. The normalized spacial score (nSPS) is 19.6. The number of nitrogens with zero attached hydrogens (tertiary/aromatic N) is 1. The SMILES string of the molecule is CC1(C)CC(C#N)c2cc(-c3ccccc3)ccc2O1. The smallest absolute Gasteiger partial charge is 0.124 e. The summed E-state index contributed by atoms with van der Waals surface area (Å²) in [4.78, 5) is 0. The molecule has 0 saturated carbocycles. The van der Waals surface area contributed by atoms with Crippen LogP contribution in [0.15, 0.2) is 48.5 Å². The first-order valence-corrected chi connectivity index (χ1v) is 6.87. The standard InChI is InChI=1S/C18H17NO/c1-18(2)11-15(12-19)16-10-14(8-9-17(16)20-18)13-6-4-3-5-7-13/h3-10,15H,11H2,1-2H3. The summed E-state index contributed by atoms with van der Waals surface area (Å²) in [6.07, 6.45) is 0.731.